The number of thiophene rings is 1. The van der Waals surface area contributed by atoms with Crippen molar-refractivity contribution in [3.63, 3.8) is 0 Å². The normalized spacial score (nSPS) is 14.6. The number of nitrogens with zero attached hydrogens (tertiary/aromatic N) is 2. The van der Waals surface area contributed by atoms with Crippen molar-refractivity contribution in [2.75, 3.05) is 5.75 Å². The van der Waals surface area contributed by atoms with Gasteiger partial charge >= 0.3 is 0 Å². The molecule has 4 nitrogen and oxygen atoms in total. The van der Waals surface area contributed by atoms with Crippen LogP contribution in [0.15, 0.2) is 5.03 Å². The van der Waals surface area contributed by atoms with Crippen LogP contribution in [0, 0.1) is 0 Å². The van der Waals surface area contributed by atoms with E-state index < -0.39 is 5.97 Å². The summed E-state index contributed by atoms with van der Waals surface area (Å²) >= 11 is 3.01. The number of carboxylic acid groups (broad SMARTS) is 1. The van der Waals surface area contributed by atoms with Crippen molar-refractivity contribution in [2.24, 2.45) is 0 Å². The van der Waals surface area contributed by atoms with Crippen LogP contribution in [0.5, 0.6) is 0 Å². The van der Waals surface area contributed by atoms with Gasteiger partial charge in [0.15, 0.2) is 0 Å². The highest BCUT2D eigenvalue weighted by atomic mass is 32.2. The molecule has 0 aromatic carbocycles. The number of aromatic nitrogens is 2. The maximum atomic E-state index is 10.8. The zero-order valence-electron chi connectivity index (χ0n) is 12.1. The summed E-state index contributed by atoms with van der Waals surface area (Å²) < 4.78 is 0. The minimum absolute atomic E-state index is 0.0612. The van der Waals surface area contributed by atoms with Crippen molar-refractivity contribution < 1.29 is 9.90 Å². The molecule has 2 heterocycles. The number of rotatable bonds is 4. The van der Waals surface area contributed by atoms with Gasteiger partial charge in [-0.05, 0) is 31.2 Å². The lowest BCUT2D eigenvalue weighted by molar-refractivity contribution is -0.301. The van der Waals surface area contributed by atoms with E-state index in [0.717, 1.165) is 33.9 Å². The SMILES string of the molecule is CC(C)c1nc(SCC(=O)[O-])c2c3c(sc2n1)CCCC3. The Morgan fingerprint density at radius 2 is 2.10 bits per heavy atom. The first-order valence-corrected chi connectivity index (χ1v) is 9.01. The summed E-state index contributed by atoms with van der Waals surface area (Å²) in [6.07, 6.45) is 4.58. The number of fused-ring (bicyclic) bond motifs is 3. The summed E-state index contributed by atoms with van der Waals surface area (Å²) in [5.41, 5.74) is 1.34. The quantitative estimate of drug-likeness (QED) is 0.639. The Hall–Kier alpha value is -1.14. The van der Waals surface area contributed by atoms with Crippen LogP contribution >= 0.6 is 23.1 Å². The number of carbonyl (C=O) groups excluding carboxylic acids is 1. The Labute approximate surface area is 132 Å². The molecule has 0 spiro atoms. The number of aliphatic carboxylic acids is 1. The van der Waals surface area contributed by atoms with Crippen LogP contribution in [0.25, 0.3) is 10.2 Å². The molecule has 0 amide bonds. The Morgan fingerprint density at radius 3 is 2.81 bits per heavy atom. The van der Waals surface area contributed by atoms with E-state index in [1.54, 1.807) is 11.3 Å². The number of hydrogen-bond acceptors (Lipinski definition) is 6. The van der Waals surface area contributed by atoms with E-state index in [9.17, 15) is 9.90 Å². The Kier molecular flexibility index (Phi) is 4.17. The predicted octanol–water partition coefficient (Wildman–Crippen LogP) is 2.54. The van der Waals surface area contributed by atoms with E-state index in [-0.39, 0.29) is 11.7 Å². The highest BCUT2D eigenvalue weighted by Crippen LogP contribution is 2.40. The maximum Gasteiger partial charge on any atom is 0.133 e. The lowest BCUT2D eigenvalue weighted by Gasteiger charge is -2.13. The second-order valence-electron chi connectivity index (χ2n) is 5.59. The summed E-state index contributed by atoms with van der Waals surface area (Å²) in [5.74, 6) is -0.0893. The van der Waals surface area contributed by atoms with Crippen LogP contribution in [-0.2, 0) is 17.6 Å². The Bertz CT molecular complexity index is 695. The molecular weight excluding hydrogens is 304 g/mol. The lowest BCUT2D eigenvalue weighted by Crippen LogP contribution is -2.24. The number of thioether (sulfide) groups is 1. The molecule has 0 fully saturated rings. The molecule has 21 heavy (non-hydrogen) atoms. The van der Waals surface area contributed by atoms with Crippen LogP contribution in [0.2, 0.25) is 0 Å². The van der Waals surface area contributed by atoms with E-state index in [0.29, 0.717) is 0 Å². The zero-order chi connectivity index (χ0) is 15.0. The summed E-state index contributed by atoms with van der Waals surface area (Å²) in [7, 11) is 0. The fourth-order valence-electron chi connectivity index (χ4n) is 2.63. The van der Waals surface area contributed by atoms with Gasteiger partial charge < -0.3 is 9.90 Å². The first-order valence-electron chi connectivity index (χ1n) is 7.21. The molecular formula is C15H17N2O2S2-. The smallest absolute Gasteiger partial charge is 0.133 e. The Balaban J connectivity index is 2.15. The molecule has 0 N–H and O–H groups in total. The topological polar surface area (TPSA) is 65.9 Å². The van der Waals surface area contributed by atoms with Gasteiger partial charge in [-0.3, -0.25) is 0 Å². The van der Waals surface area contributed by atoms with Gasteiger partial charge in [0.1, 0.15) is 15.7 Å². The second-order valence-corrected chi connectivity index (χ2v) is 7.64. The molecule has 0 aliphatic heterocycles. The van der Waals surface area contributed by atoms with Gasteiger partial charge in [-0.25, -0.2) is 9.97 Å². The van der Waals surface area contributed by atoms with Crippen LogP contribution < -0.4 is 5.11 Å². The summed E-state index contributed by atoms with van der Waals surface area (Å²) in [5, 5.41) is 12.7. The van der Waals surface area contributed by atoms with Gasteiger partial charge in [-0.1, -0.05) is 25.6 Å². The lowest BCUT2D eigenvalue weighted by atomic mass is 9.97. The molecule has 0 bridgehead atoms. The van der Waals surface area contributed by atoms with Crippen molar-refractivity contribution in [3.05, 3.63) is 16.3 Å². The van der Waals surface area contributed by atoms with Crippen molar-refractivity contribution in [1.29, 1.82) is 0 Å². The van der Waals surface area contributed by atoms with Crippen LogP contribution in [0.3, 0.4) is 0 Å². The first-order chi connectivity index (χ1) is 10.1. The highest BCUT2D eigenvalue weighted by Gasteiger charge is 2.21. The summed E-state index contributed by atoms with van der Waals surface area (Å²) in [6.45, 7) is 4.11. The largest absolute Gasteiger partial charge is 0.549 e. The number of carboxylic acids is 1. The average Bonchev–Trinajstić information content (AvgIpc) is 2.82. The fourth-order valence-corrected chi connectivity index (χ4v) is 4.74. The van der Waals surface area contributed by atoms with Crippen molar-refractivity contribution >= 4 is 39.3 Å². The van der Waals surface area contributed by atoms with Crippen molar-refractivity contribution in [2.45, 2.75) is 50.5 Å². The molecule has 2 aromatic rings. The molecule has 6 heteroatoms. The average molecular weight is 321 g/mol. The summed E-state index contributed by atoms with van der Waals surface area (Å²) in [4.78, 5) is 22.5. The highest BCUT2D eigenvalue weighted by molar-refractivity contribution is 8.00. The number of aryl methyl sites for hydroxylation is 2. The van der Waals surface area contributed by atoms with Crippen LogP contribution in [0.4, 0.5) is 0 Å². The van der Waals surface area contributed by atoms with Crippen molar-refractivity contribution in [3.8, 4) is 0 Å². The molecule has 0 radical (unpaired) electrons. The molecule has 2 aromatic heterocycles. The van der Waals surface area contributed by atoms with Crippen molar-refractivity contribution in [1.82, 2.24) is 9.97 Å². The molecule has 112 valence electrons. The van der Waals surface area contributed by atoms with E-state index in [1.165, 1.54) is 35.0 Å². The predicted molar refractivity (Wildman–Crippen MR) is 83.9 cm³/mol. The minimum Gasteiger partial charge on any atom is -0.549 e. The second kappa shape index (κ2) is 5.93. The van der Waals surface area contributed by atoms with Gasteiger partial charge in [0.05, 0.1) is 5.97 Å². The molecule has 0 saturated carbocycles. The monoisotopic (exact) mass is 321 g/mol. The van der Waals surface area contributed by atoms with Gasteiger partial charge in [-0.15, -0.1) is 11.3 Å². The van der Waals surface area contributed by atoms with Gasteiger partial charge in [0.2, 0.25) is 0 Å². The molecule has 0 saturated heterocycles. The van der Waals surface area contributed by atoms with Gasteiger partial charge in [0, 0.05) is 21.9 Å². The van der Waals surface area contributed by atoms with E-state index in [4.69, 9.17) is 4.98 Å². The molecule has 1 aliphatic carbocycles. The van der Waals surface area contributed by atoms with E-state index in [2.05, 4.69) is 18.8 Å². The third kappa shape index (κ3) is 2.92. The fraction of sp³-hybridized carbons (Fsp3) is 0.533. The summed E-state index contributed by atoms with van der Waals surface area (Å²) in [6, 6.07) is 0. The minimum atomic E-state index is -1.05. The third-order valence-corrected chi connectivity index (χ3v) is 5.78. The van der Waals surface area contributed by atoms with Crippen LogP contribution in [0.1, 0.15) is 48.9 Å². The molecule has 0 atom stereocenters. The van der Waals surface area contributed by atoms with E-state index in [1.807, 2.05) is 0 Å². The standard InChI is InChI=1S/C15H18N2O2S2/c1-8(2)13-16-14(20-7-11(18)19)12-9-5-3-4-6-10(9)21-15(12)17-13/h8H,3-7H2,1-2H3,(H,18,19)/p-1. The Morgan fingerprint density at radius 1 is 1.33 bits per heavy atom. The van der Waals surface area contributed by atoms with Crippen LogP contribution in [-0.4, -0.2) is 21.7 Å². The third-order valence-electron chi connectivity index (χ3n) is 3.64. The number of carbonyl (C=O) groups is 1. The first kappa shape index (κ1) is 14.8. The molecule has 3 rings (SSSR count). The van der Waals surface area contributed by atoms with Gasteiger partial charge in [-0.2, -0.15) is 0 Å². The van der Waals surface area contributed by atoms with Gasteiger partial charge in [0.25, 0.3) is 0 Å². The molecule has 0 unspecified atom stereocenters. The zero-order valence-corrected chi connectivity index (χ0v) is 13.8. The molecule has 1 aliphatic rings. The van der Waals surface area contributed by atoms with E-state index >= 15 is 0 Å². The maximum absolute atomic E-state index is 10.8. The number of hydrogen-bond donors (Lipinski definition) is 0.